The third kappa shape index (κ3) is 2.55. The number of hydrogen-bond acceptors (Lipinski definition) is 4. The van der Waals surface area contributed by atoms with E-state index < -0.39 is 0 Å². The number of rotatable bonds is 5. The van der Waals surface area contributed by atoms with Crippen LogP contribution in [0.5, 0.6) is 0 Å². The summed E-state index contributed by atoms with van der Waals surface area (Å²) in [6, 6.07) is 0.484. The van der Waals surface area contributed by atoms with Crippen LogP contribution in [-0.4, -0.2) is 22.7 Å². The summed E-state index contributed by atoms with van der Waals surface area (Å²) in [4.78, 5) is 7.93. The Hall–Kier alpha value is -0.610. The van der Waals surface area contributed by atoms with Crippen molar-refractivity contribution in [1.29, 1.82) is 0 Å². The van der Waals surface area contributed by atoms with Crippen LogP contribution < -0.4 is 4.90 Å². The van der Waals surface area contributed by atoms with E-state index >= 15 is 0 Å². The molecular formula is C12H20N2OS. The van der Waals surface area contributed by atoms with Gasteiger partial charge < -0.3 is 10.0 Å². The zero-order chi connectivity index (χ0) is 11.7. The van der Waals surface area contributed by atoms with E-state index in [2.05, 4.69) is 23.7 Å². The van der Waals surface area contributed by atoms with Crippen molar-refractivity contribution in [3.63, 3.8) is 0 Å². The molecule has 1 aromatic heterocycles. The van der Waals surface area contributed by atoms with Gasteiger partial charge in [0.2, 0.25) is 0 Å². The van der Waals surface area contributed by atoms with Gasteiger partial charge in [-0.1, -0.05) is 11.3 Å². The Morgan fingerprint density at radius 3 is 2.62 bits per heavy atom. The highest BCUT2D eigenvalue weighted by Gasteiger charge is 2.27. The molecule has 0 unspecified atom stereocenters. The third-order valence-electron chi connectivity index (χ3n) is 3.05. The van der Waals surface area contributed by atoms with Gasteiger partial charge in [-0.25, -0.2) is 4.98 Å². The lowest BCUT2D eigenvalue weighted by Gasteiger charge is -2.26. The lowest BCUT2D eigenvalue weighted by Crippen LogP contribution is -2.32. The molecule has 0 aliphatic heterocycles. The Morgan fingerprint density at radius 2 is 2.19 bits per heavy atom. The number of aliphatic hydroxyl groups excluding tert-OH is 1. The minimum absolute atomic E-state index is 0.110. The lowest BCUT2D eigenvalue weighted by atomic mass is 10.3. The van der Waals surface area contributed by atoms with Gasteiger partial charge in [0.1, 0.15) is 0 Å². The minimum Gasteiger partial charge on any atom is -0.391 e. The molecule has 1 aliphatic rings. The van der Waals surface area contributed by atoms with Crippen molar-refractivity contribution in [2.24, 2.45) is 5.92 Å². The second-order valence-electron chi connectivity index (χ2n) is 4.85. The van der Waals surface area contributed by atoms with Crippen LogP contribution in [0.2, 0.25) is 0 Å². The molecule has 0 amide bonds. The van der Waals surface area contributed by atoms with Gasteiger partial charge in [-0.15, -0.1) is 0 Å². The van der Waals surface area contributed by atoms with Gasteiger partial charge in [0.05, 0.1) is 17.2 Å². The first-order valence-corrected chi connectivity index (χ1v) is 6.77. The van der Waals surface area contributed by atoms with Gasteiger partial charge in [-0.2, -0.15) is 0 Å². The van der Waals surface area contributed by atoms with Crippen LogP contribution in [0.25, 0.3) is 0 Å². The zero-order valence-corrected chi connectivity index (χ0v) is 11.0. The number of thiazole rings is 1. The van der Waals surface area contributed by atoms with Crippen LogP contribution >= 0.6 is 11.3 Å². The number of hydrogen-bond donors (Lipinski definition) is 1. The van der Waals surface area contributed by atoms with Crippen LogP contribution in [0.4, 0.5) is 5.13 Å². The van der Waals surface area contributed by atoms with Crippen LogP contribution in [-0.2, 0) is 6.61 Å². The number of nitrogens with zero attached hydrogens (tertiary/aromatic N) is 2. The normalized spacial score (nSPS) is 15.8. The Balaban J connectivity index is 2.16. The first-order valence-electron chi connectivity index (χ1n) is 5.95. The van der Waals surface area contributed by atoms with E-state index in [9.17, 15) is 5.11 Å². The highest BCUT2D eigenvalue weighted by Crippen LogP contribution is 2.34. The maximum Gasteiger partial charge on any atom is 0.186 e. The predicted molar refractivity (Wildman–Crippen MR) is 68.0 cm³/mol. The average molecular weight is 240 g/mol. The molecule has 0 aromatic carbocycles. The van der Waals surface area contributed by atoms with Gasteiger partial charge in [-0.05, 0) is 39.5 Å². The smallest absolute Gasteiger partial charge is 0.186 e. The fourth-order valence-electron chi connectivity index (χ4n) is 1.77. The van der Waals surface area contributed by atoms with E-state index in [0.717, 1.165) is 28.2 Å². The van der Waals surface area contributed by atoms with Gasteiger partial charge >= 0.3 is 0 Å². The maximum atomic E-state index is 9.20. The van der Waals surface area contributed by atoms with E-state index in [1.54, 1.807) is 11.3 Å². The summed E-state index contributed by atoms with van der Waals surface area (Å²) < 4.78 is 0. The molecular weight excluding hydrogens is 220 g/mol. The molecule has 90 valence electrons. The summed E-state index contributed by atoms with van der Waals surface area (Å²) in [6.45, 7) is 7.62. The quantitative estimate of drug-likeness (QED) is 0.859. The monoisotopic (exact) mass is 240 g/mol. The standard InChI is InChI=1S/C12H20N2OS/c1-8(2)14(6-10-4-5-10)12-13-9(3)11(7-15)16-12/h8,10,15H,4-7H2,1-3H3. The van der Waals surface area contributed by atoms with E-state index in [1.165, 1.54) is 12.8 Å². The van der Waals surface area contributed by atoms with Gasteiger partial charge in [0.15, 0.2) is 5.13 Å². The Kier molecular flexibility index (Phi) is 3.50. The van der Waals surface area contributed by atoms with Crippen molar-refractivity contribution in [1.82, 2.24) is 4.98 Å². The van der Waals surface area contributed by atoms with Crippen molar-refractivity contribution in [3.05, 3.63) is 10.6 Å². The Morgan fingerprint density at radius 1 is 1.50 bits per heavy atom. The molecule has 1 fully saturated rings. The fourth-order valence-corrected chi connectivity index (χ4v) is 2.83. The molecule has 0 radical (unpaired) electrons. The fraction of sp³-hybridized carbons (Fsp3) is 0.750. The molecule has 0 saturated heterocycles. The molecule has 1 heterocycles. The number of aliphatic hydroxyl groups is 1. The molecule has 1 saturated carbocycles. The topological polar surface area (TPSA) is 36.4 Å². The second kappa shape index (κ2) is 4.72. The summed E-state index contributed by atoms with van der Waals surface area (Å²) in [5, 5.41) is 10.3. The highest BCUT2D eigenvalue weighted by molar-refractivity contribution is 7.15. The number of anilines is 1. The van der Waals surface area contributed by atoms with Crippen LogP contribution in [0, 0.1) is 12.8 Å². The Bertz CT molecular complexity index is 358. The minimum atomic E-state index is 0.110. The molecule has 1 aliphatic carbocycles. The summed E-state index contributed by atoms with van der Waals surface area (Å²) >= 11 is 1.63. The van der Waals surface area contributed by atoms with Gasteiger partial charge in [0, 0.05) is 12.6 Å². The number of aromatic nitrogens is 1. The van der Waals surface area contributed by atoms with Crippen molar-refractivity contribution in [2.75, 3.05) is 11.4 Å². The van der Waals surface area contributed by atoms with Gasteiger partial charge in [-0.3, -0.25) is 0 Å². The van der Waals surface area contributed by atoms with E-state index in [1.807, 2.05) is 6.92 Å². The lowest BCUT2D eigenvalue weighted by molar-refractivity contribution is 0.284. The van der Waals surface area contributed by atoms with E-state index in [4.69, 9.17) is 0 Å². The first kappa shape index (κ1) is 11.9. The van der Waals surface area contributed by atoms with Crippen LogP contribution in [0.1, 0.15) is 37.3 Å². The van der Waals surface area contributed by atoms with Crippen molar-refractivity contribution >= 4 is 16.5 Å². The molecule has 3 nitrogen and oxygen atoms in total. The van der Waals surface area contributed by atoms with Crippen molar-refractivity contribution in [3.8, 4) is 0 Å². The summed E-state index contributed by atoms with van der Waals surface area (Å²) in [5.41, 5.74) is 0.976. The maximum absolute atomic E-state index is 9.20. The third-order valence-corrected chi connectivity index (χ3v) is 4.23. The molecule has 4 heteroatoms. The van der Waals surface area contributed by atoms with Crippen molar-refractivity contribution in [2.45, 2.75) is 46.3 Å². The van der Waals surface area contributed by atoms with Crippen LogP contribution in [0.3, 0.4) is 0 Å². The largest absolute Gasteiger partial charge is 0.391 e. The molecule has 1 aromatic rings. The van der Waals surface area contributed by atoms with Gasteiger partial charge in [0.25, 0.3) is 0 Å². The molecule has 2 rings (SSSR count). The molecule has 1 N–H and O–H groups in total. The zero-order valence-electron chi connectivity index (χ0n) is 10.2. The SMILES string of the molecule is Cc1nc(N(CC2CC2)C(C)C)sc1CO. The van der Waals surface area contributed by atoms with E-state index in [-0.39, 0.29) is 6.61 Å². The molecule has 0 spiro atoms. The molecule has 0 atom stereocenters. The summed E-state index contributed by atoms with van der Waals surface area (Å²) in [5.74, 6) is 0.865. The first-order chi connectivity index (χ1) is 7.61. The van der Waals surface area contributed by atoms with E-state index in [0.29, 0.717) is 6.04 Å². The Labute approximate surface area is 101 Å². The summed E-state index contributed by atoms with van der Waals surface area (Å²) in [7, 11) is 0. The number of aryl methyl sites for hydroxylation is 1. The van der Waals surface area contributed by atoms with Crippen molar-refractivity contribution < 1.29 is 5.11 Å². The highest BCUT2D eigenvalue weighted by atomic mass is 32.1. The van der Waals surface area contributed by atoms with Crippen LogP contribution in [0.15, 0.2) is 0 Å². The second-order valence-corrected chi connectivity index (χ2v) is 5.91. The molecule has 16 heavy (non-hydrogen) atoms. The average Bonchev–Trinajstić information content (AvgIpc) is 2.98. The molecule has 0 bridgehead atoms. The predicted octanol–water partition coefficient (Wildman–Crippen LogP) is 2.57. The summed E-state index contributed by atoms with van der Waals surface area (Å²) in [6.07, 6.45) is 2.72.